The molecule has 1 rings (SSSR count). The molecule has 0 saturated heterocycles. The van der Waals surface area contributed by atoms with Crippen LogP contribution in [-0.2, 0) is 0 Å². The molecular formula is C16H23N3O. The molecule has 20 heavy (non-hydrogen) atoms. The highest BCUT2D eigenvalue weighted by molar-refractivity contribution is 5.99. The summed E-state index contributed by atoms with van der Waals surface area (Å²) in [6.07, 6.45) is 3.94. The van der Waals surface area contributed by atoms with Crippen molar-refractivity contribution in [2.24, 2.45) is 10.9 Å². The maximum absolute atomic E-state index is 8.81. The van der Waals surface area contributed by atoms with Gasteiger partial charge in [0.25, 0.3) is 0 Å². The number of nitriles is 1. The molecule has 0 aliphatic rings. The van der Waals surface area contributed by atoms with Crippen molar-refractivity contribution in [2.75, 3.05) is 13.2 Å². The van der Waals surface area contributed by atoms with E-state index in [1.54, 1.807) is 0 Å². The predicted molar refractivity (Wildman–Crippen MR) is 81.8 cm³/mol. The molecule has 0 bridgehead atoms. The second kappa shape index (κ2) is 8.98. The average Bonchev–Trinajstić information content (AvgIpc) is 2.44. The maximum Gasteiger partial charge on any atom is 0.182 e. The normalized spacial score (nSPS) is 11.2. The third kappa shape index (κ3) is 5.75. The molecule has 0 aliphatic carbocycles. The number of ether oxygens (including phenoxy) is 1. The Morgan fingerprint density at radius 2 is 2.05 bits per heavy atom. The number of aliphatic imine (C=N–C) groups is 1. The molecule has 108 valence electrons. The van der Waals surface area contributed by atoms with Crippen LogP contribution in [0.1, 0.15) is 39.2 Å². The molecule has 0 aliphatic heterocycles. The van der Waals surface area contributed by atoms with Crippen LogP contribution < -0.4 is 10.1 Å². The van der Waals surface area contributed by atoms with Gasteiger partial charge in [0.15, 0.2) is 6.19 Å². The van der Waals surface area contributed by atoms with Gasteiger partial charge in [0, 0.05) is 12.1 Å². The number of hydrogen-bond acceptors (Lipinski definition) is 3. The van der Waals surface area contributed by atoms with E-state index in [9.17, 15) is 0 Å². The molecule has 0 radical (unpaired) electrons. The Balaban J connectivity index is 2.73. The van der Waals surface area contributed by atoms with Gasteiger partial charge in [0.05, 0.1) is 6.61 Å². The molecule has 1 aromatic carbocycles. The van der Waals surface area contributed by atoms with Gasteiger partial charge in [0.2, 0.25) is 0 Å². The van der Waals surface area contributed by atoms with Gasteiger partial charge in [-0.2, -0.15) is 5.26 Å². The molecule has 1 aromatic rings. The largest absolute Gasteiger partial charge is 0.494 e. The summed E-state index contributed by atoms with van der Waals surface area (Å²) in [5, 5.41) is 11.5. The molecule has 0 unspecified atom stereocenters. The minimum Gasteiger partial charge on any atom is -0.494 e. The van der Waals surface area contributed by atoms with Gasteiger partial charge in [-0.25, -0.2) is 0 Å². The molecule has 0 spiro atoms. The second-order valence-corrected chi connectivity index (χ2v) is 5.02. The topological polar surface area (TPSA) is 57.4 Å². The Morgan fingerprint density at radius 3 is 2.60 bits per heavy atom. The zero-order valence-corrected chi connectivity index (χ0v) is 12.5. The first kappa shape index (κ1) is 16.0. The summed E-state index contributed by atoms with van der Waals surface area (Å²) >= 11 is 0. The minimum atomic E-state index is 0.604. The molecule has 0 heterocycles. The maximum atomic E-state index is 8.81. The number of amidine groups is 1. The van der Waals surface area contributed by atoms with E-state index in [0.29, 0.717) is 18.4 Å². The van der Waals surface area contributed by atoms with Crippen molar-refractivity contribution in [1.82, 2.24) is 5.32 Å². The average molecular weight is 273 g/mol. The quantitative estimate of drug-likeness (QED) is 0.359. The Hall–Kier alpha value is -2.02. The SMILES string of the molecule is CCCOc1ccc(C(=NCCC(C)C)NC#N)cc1. The molecule has 0 saturated carbocycles. The van der Waals surface area contributed by atoms with E-state index in [1.165, 1.54) is 0 Å². The summed E-state index contributed by atoms with van der Waals surface area (Å²) in [6.45, 7) is 7.82. The molecule has 4 heteroatoms. The van der Waals surface area contributed by atoms with Crippen molar-refractivity contribution < 1.29 is 4.74 Å². The third-order valence-corrected chi connectivity index (χ3v) is 2.75. The van der Waals surface area contributed by atoms with E-state index in [0.717, 1.165) is 30.7 Å². The molecule has 0 amide bonds. The van der Waals surface area contributed by atoms with Gasteiger partial charge in [-0.1, -0.05) is 20.8 Å². The van der Waals surface area contributed by atoms with Crippen LogP contribution in [0.2, 0.25) is 0 Å². The summed E-state index contributed by atoms with van der Waals surface area (Å²) in [7, 11) is 0. The van der Waals surface area contributed by atoms with Crippen molar-refractivity contribution in [2.45, 2.75) is 33.6 Å². The van der Waals surface area contributed by atoms with Crippen LogP contribution in [0.5, 0.6) is 5.75 Å². The van der Waals surface area contributed by atoms with Gasteiger partial charge in [-0.05, 0) is 43.0 Å². The van der Waals surface area contributed by atoms with Crippen LogP contribution in [-0.4, -0.2) is 19.0 Å². The Kier molecular flexibility index (Phi) is 7.20. The van der Waals surface area contributed by atoms with Crippen LogP contribution >= 0.6 is 0 Å². The van der Waals surface area contributed by atoms with Crippen molar-refractivity contribution >= 4 is 5.84 Å². The molecule has 1 N–H and O–H groups in total. The summed E-state index contributed by atoms with van der Waals surface area (Å²) < 4.78 is 5.54. The van der Waals surface area contributed by atoms with Crippen molar-refractivity contribution in [1.29, 1.82) is 5.26 Å². The smallest absolute Gasteiger partial charge is 0.182 e. The van der Waals surface area contributed by atoms with Crippen molar-refractivity contribution in [3.05, 3.63) is 29.8 Å². The first-order valence-corrected chi connectivity index (χ1v) is 7.10. The Morgan fingerprint density at radius 1 is 1.35 bits per heavy atom. The molecule has 0 fully saturated rings. The number of rotatable bonds is 7. The third-order valence-electron chi connectivity index (χ3n) is 2.75. The van der Waals surface area contributed by atoms with E-state index >= 15 is 0 Å². The highest BCUT2D eigenvalue weighted by atomic mass is 16.5. The summed E-state index contributed by atoms with van der Waals surface area (Å²) in [5.41, 5.74) is 0.902. The molecule has 4 nitrogen and oxygen atoms in total. The number of nitrogens with zero attached hydrogens (tertiary/aromatic N) is 2. The van der Waals surface area contributed by atoms with Crippen LogP contribution in [0.15, 0.2) is 29.3 Å². The Labute approximate surface area is 121 Å². The number of benzene rings is 1. The van der Waals surface area contributed by atoms with Crippen LogP contribution in [0.3, 0.4) is 0 Å². The lowest BCUT2D eigenvalue weighted by molar-refractivity contribution is 0.317. The van der Waals surface area contributed by atoms with Gasteiger partial charge >= 0.3 is 0 Å². The monoisotopic (exact) mass is 273 g/mol. The first-order valence-electron chi connectivity index (χ1n) is 7.10. The lowest BCUT2D eigenvalue weighted by Gasteiger charge is -2.08. The minimum absolute atomic E-state index is 0.604. The zero-order valence-electron chi connectivity index (χ0n) is 12.5. The van der Waals surface area contributed by atoms with Crippen molar-refractivity contribution in [3.8, 4) is 11.9 Å². The van der Waals surface area contributed by atoms with Gasteiger partial charge < -0.3 is 4.74 Å². The fourth-order valence-electron chi connectivity index (χ4n) is 1.62. The lowest BCUT2D eigenvalue weighted by atomic mass is 10.1. The van der Waals surface area contributed by atoms with Gasteiger partial charge in [-0.15, -0.1) is 0 Å². The molecule has 0 aromatic heterocycles. The summed E-state index contributed by atoms with van der Waals surface area (Å²) in [5.74, 6) is 2.07. The van der Waals surface area contributed by atoms with Gasteiger partial charge in [0.1, 0.15) is 11.6 Å². The number of hydrogen-bond donors (Lipinski definition) is 1. The second-order valence-electron chi connectivity index (χ2n) is 5.02. The van der Waals surface area contributed by atoms with Crippen LogP contribution in [0.4, 0.5) is 0 Å². The van der Waals surface area contributed by atoms with Crippen LogP contribution in [0, 0.1) is 17.4 Å². The zero-order chi connectivity index (χ0) is 14.8. The number of nitrogens with one attached hydrogen (secondary N) is 1. The van der Waals surface area contributed by atoms with E-state index in [4.69, 9.17) is 10.00 Å². The standard InChI is InChI=1S/C16H23N3O/c1-4-11-20-15-7-5-14(6-8-15)16(19-12-17)18-10-9-13(2)3/h5-8,13H,4,9-11H2,1-3H3,(H,18,19). The lowest BCUT2D eigenvalue weighted by Crippen LogP contribution is -2.19. The fraction of sp³-hybridized carbons (Fsp3) is 0.500. The summed E-state index contributed by atoms with van der Waals surface area (Å²) in [6, 6.07) is 7.65. The Bertz CT molecular complexity index is 458. The first-order chi connectivity index (χ1) is 9.67. The van der Waals surface area contributed by atoms with E-state index in [1.807, 2.05) is 30.5 Å². The molecular weight excluding hydrogens is 250 g/mol. The highest BCUT2D eigenvalue weighted by Gasteiger charge is 2.03. The fourth-order valence-corrected chi connectivity index (χ4v) is 1.62. The van der Waals surface area contributed by atoms with Gasteiger partial charge in [-0.3, -0.25) is 10.3 Å². The van der Waals surface area contributed by atoms with Crippen LogP contribution in [0.25, 0.3) is 0 Å². The van der Waals surface area contributed by atoms with E-state index in [-0.39, 0.29) is 0 Å². The summed E-state index contributed by atoms with van der Waals surface area (Å²) in [4.78, 5) is 4.46. The van der Waals surface area contributed by atoms with E-state index < -0.39 is 0 Å². The van der Waals surface area contributed by atoms with E-state index in [2.05, 4.69) is 31.1 Å². The molecule has 0 atom stereocenters. The predicted octanol–water partition coefficient (Wildman–Crippen LogP) is 3.34. The van der Waals surface area contributed by atoms with Crippen molar-refractivity contribution in [3.63, 3.8) is 0 Å². The highest BCUT2D eigenvalue weighted by Crippen LogP contribution is 2.13.